The number of rotatable bonds is 2. The summed E-state index contributed by atoms with van der Waals surface area (Å²) in [6.07, 6.45) is 5.90. The molecule has 1 aliphatic rings. The van der Waals surface area contributed by atoms with Crippen LogP contribution < -0.4 is 42.4 Å². The van der Waals surface area contributed by atoms with Crippen molar-refractivity contribution < 1.29 is 58.9 Å². The summed E-state index contributed by atoms with van der Waals surface area (Å²) in [6.45, 7) is 9.27. The van der Waals surface area contributed by atoms with Gasteiger partial charge in [-0.25, -0.2) is 5.57 Å². The van der Waals surface area contributed by atoms with Crippen LogP contribution in [0.3, 0.4) is 0 Å². The molecule has 2 rings (SSSR count). The van der Waals surface area contributed by atoms with E-state index in [2.05, 4.69) is 69.4 Å². The van der Waals surface area contributed by atoms with E-state index >= 15 is 0 Å². The normalized spacial score (nSPS) is 16.5. The molecule has 1 aromatic carbocycles. The molecule has 5 heteroatoms. The Labute approximate surface area is 157 Å². The number of allylic oxidation sites excluding steroid dienone is 4. The zero-order chi connectivity index (χ0) is 11.8. The summed E-state index contributed by atoms with van der Waals surface area (Å²) >= 11 is 0. The smallest absolute Gasteiger partial charge is 1.00 e. The van der Waals surface area contributed by atoms with Crippen molar-refractivity contribution in [1.82, 2.24) is 0 Å². The molecule has 0 nitrogen and oxygen atoms in total. The second-order valence-electron chi connectivity index (χ2n) is 5.13. The molecule has 1 unspecified atom stereocenters. The van der Waals surface area contributed by atoms with Crippen molar-refractivity contribution in [3.63, 3.8) is 0 Å². The molecule has 0 heterocycles. The van der Waals surface area contributed by atoms with Gasteiger partial charge in [-0.1, -0.05) is 68.4 Å². The Morgan fingerprint density at radius 1 is 1.00 bits per heavy atom. The minimum atomic E-state index is -1.49. The van der Waals surface area contributed by atoms with Crippen LogP contribution in [0, 0.1) is 12.0 Å². The molecule has 0 N–H and O–H groups in total. The van der Waals surface area contributed by atoms with Gasteiger partial charge in [-0.15, -0.1) is 0 Å². The minimum Gasteiger partial charge on any atom is -1.00 e. The molecule has 108 valence electrons. The summed E-state index contributed by atoms with van der Waals surface area (Å²) in [4.78, 5) is 0. The molecule has 1 atom stereocenters. The van der Waals surface area contributed by atoms with Crippen LogP contribution in [0.1, 0.15) is 13.8 Å². The Balaban J connectivity index is -0.000000722. The first-order valence-corrected chi connectivity index (χ1v) is 8.90. The summed E-state index contributed by atoms with van der Waals surface area (Å²) in [5.74, 6) is 0.491. The van der Waals surface area contributed by atoms with Crippen LogP contribution in [0.4, 0.5) is 0 Å². The van der Waals surface area contributed by atoms with Crippen molar-refractivity contribution in [3.05, 3.63) is 53.3 Å². The van der Waals surface area contributed by atoms with Crippen LogP contribution in [0.2, 0.25) is 13.1 Å². The number of halogens is 3. The first kappa shape index (κ1) is 25.5. The molecule has 0 amide bonds. The van der Waals surface area contributed by atoms with Crippen LogP contribution in [0.25, 0.3) is 0 Å². The van der Waals surface area contributed by atoms with Crippen LogP contribution in [0.5, 0.6) is 0 Å². The molecule has 0 fully saturated rings. The molecule has 20 heavy (non-hydrogen) atoms. The summed E-state index contributed by atoms with van der Waals surface area (Å²) in [7, 11) is -1.49. The van der Waals surface area contributed by atoms with Crippen molar-refractivity contribution >= 4 is 13.3 Å². The second-order valence-corrected chi connectivity index (χ2v) is 9.50. The fourth-order valence-electron chi connectivity index (χ4n) is 2.52. The van der Waals surface area contributed by atoms with E-state index in [-0.39, 0.29) is 58.9 Å². The average Bonchev–Trinajstić information content (AvgIpc) is 2.60. The van der Waals surface area contributed by atoms with Crippen molar-refractivity contribution in [3.8, 4) is 0 Å². The Bertz CT molecular complexity index is 455. The fourth-order valence-corrected chi connectivity index (χ4v) is 5.54. The molecule has 0 radical (unpaired) electrons. The van der Waals surface area contributed by atoms with E-state index < -0.39 is 8.07 Å². The topological polar surface area (TPSA) is 0 Å². The zero-order valence-electron chi connectivity index (χ0n) is 12.2. The van der Waals surface area contributed by atoms with Gasteiger partial charge in [0.2, 0.25) is 0 Å². The van der Waals surface area contributed by atoms with Gasteiger partial charge in [0.15, 0.2) is 0 Å². The number of hydrogen-bond donors (Lipinski definition) is 0. The molecular weight excluding hydrogens is 362 g/mol. The molecule has 1 aromatic rings. The van der Waals surface area contributed by atoms with Crippen LogP contribution in [0.15, 0.2) is 47.2 Å². The maximum atomic E-state index is 3.50. The van der Waals surface area contributed by atoms with E-state index in [1.54, 1.807) is 5.20 Å². The van der Waals surface area contributed by atoms with Gasteiger partial charge in [-0.2, -0.15) is 11.3 Å². The first-order valence-electron chi connectivity index (χ1n) is 5.90. The molecule has 0 aromatic heterocycles. The van der Waals surface area contributed by atoms with Crippen LogP contribution in [-0.2, 0) is 21.7 Å². The van der Waals surface area contributed by atoms with Gasteiger partial charge in [-0.05, 0) is 0 Å². The first-order chi connectivity index (χ1) is 7.51. The third kappa shape index (κ3) is 5.36. The maximum Gasteiger partial charge on any atom is 4.00 e. The zero-order valence-corrected chi connectivity index (χ0v) is 17.0. The third-order valence-corrected chi connectivity index (χ3v) is 7.10. The van der Waals surface area contributed by atoms with Crippen molar-refractivity contribution in [1.29, 1.82) is 0 Å². The molecule has 0 saturated heterocycles. The summed E-state index contributed by atoms with van der Waals surface area (Å²) < 4.78 is 0. The Hall–Kier alpha value is 0.501. The van der Waals surface area contributed by atoms with Crippen LogP contribution in [-0.4, -0.2) is 8.07 Å². The Morgan fingerprint density at radius 3 is 1.90 bits per heavy atom. The minimum absolute atomic E-state index is 0. The Kier molecular flexibility index (Phi) is 13.1. The number of benzene rings is 1. The van der Waals surface area contributed by atoms with Crippen LogP contribution >= 0.6 is 0 Å². The largest absolute Gasteiger partial charge is 4.00 e. The maximum absolute atomic E-state index is 3.50. The van der Waals surface area contributed by atoms with Gasteiger partial charge >= 0.3 is 21.7 Å². The number of hydrogen-bond acceptors (Lipinski definition) is 0. The third-order valence-electron chi connectivity index (χ3n) is 3.43. The standard InChI is InChI=1S/C15H19Si.3ClH.Ti/c1-12-10-13(2)15(11-12)16(3,4)14-8-6-5-7-9-14;;;;/h5-9,11-12H,1-4H3;3*1H;/q-1;;;;+4/p-3. The van der Waals surface area contributed by atoms with E-state index in [1.165, 1.54) is 10.8 Å². The van der Waals surface area contributed by atoms with E-state index in [0.29, 0.717) is 5.92 Å². The summed E-state index contributed by atoms with van der Waals surface area (Å²) in [6, 6.07) is 10.9. The van der Waals surface area contributed by atoms with E-state index in [4.69, 9.17) is 0 Å². The summed E-state index contributed by atoms with van der Waals surface area (Å²) in [5, 5.41) is 3.07. The molecule has 1 aliphatic carbocycles. The van der Waals surface area contributed by atoms with Gasteiger partial charge in [0.25, 0.3) is 0 Å². The molecule has 0 saturated carbocycles. The predicted molar refractivity (Wildman–Crippen MR) is 73.2 cm³/mol. The van der Waals surface area contributed by atoms with Crippen molar-refractivity contribution in [2.75, 3.05) is 0 Å². The predicted octanol–water partition coefficient (Wildman–Crippen LogP) is -5.52. The molecule has 0 spiro atoms. The van der Waals surface area contributed by atoms with E-state index in [1.807, 2.05) is 0 Å². The van der Waals surface area contributed by atoms with Gasteiger partial charge in [0.1, 0.15) is 0 Å². The SMILES string of the molecule is CC1=[C-]C(C)C=C1[Si](C)(C)c1ccccc1.[Cl-].[Cl-].[Cl-].[Ti+4]. The molecular formula is C15H19Cl3SiTi. The summed E-state index contributed by atoms with van der Waals surface area (Å²) in [5.41, 5.74) is 1.37. The quantitative estimate of drug-likeness (QED) is 0.354. The monoisotopic (exact) mass is 380 g/mol. The second kappa shape index (κ2) is 10.3. The molecule has 0 aliphatic heterocycles. The van der Waals surface area contributed by atoms with Gasteiger partial charge < -0.3 is 37.2 Å². The Morgan fingerprint density at radius 2 is 1.50 bits per heavy atom. The van der Waals surface area contributed by atoms with E-state index in [0.717, 1.165) is 0 Å². The fraction of sp³-hybridized carbons (Fsp3) is 0.333. The van der Waals surface area contributed by atoms with Crippen molar-refractivity contribution in [2.24, 2.45) is 5.92 Å². The van der Waals surface area contributed by atoms with Crippen molar-refractivity contribution in [2.45, 2.75) is 26.9 Å². The van der Waals surface area contributed by atoms with Gasteiger partial charge in [-0.3, -0.25) is 6.08 Å². The van der Waals surface area contributed by atoms with Gasteiger partial charge in [0, 0.05) is 8.07 Å². The van der Waals surface area contributed by atoms with Gasteiger partial charge in [0.05, 0.1) is 0 Å². The average molecular weight is 382 g/mol. The molecule has 0 bridgehead atoms. The van der Waals surface area contributed by atoms with E-state index in [9.17, 15) is 0 Å².